The number of carbonyl (C=O) groups is 1. The normalized spacial score (nSPS) is 21.2. The van der Waals surface area contributed by atoms with Crippen molar-refractivity contribution >= 4 is 34.8 Å². The Kier molecular flexibility index (Phi) is 6.10. The van der Waals surface area contributed by atoms with Gasteiger partial charge in [-0.2, -0.15) is 0 Å². The van der Waals surface area contributed by atoms with E-state index in [1.54, 1.807) is 19.1 Å². The van der Waals surface area contributed by atoms with Crippen LogP contribution in [0.2, 0.25) is 5.02 Å². The summed E-state index contributed by atoms with van der Waals surface area (Å²) >= 11 is 11.7. The van der Waals surface area contributed by atoms with Crippen molar-refractivity contribution < 1.29 is 9.32 Å². The number of halogens is 1. The van der Waals surface area contributed by atoms with E-state index < -0.39 is 0 Å². The zero-order valence-corrected chi connectivity index (χ0v) is 18.2. The lowest BCUT2D eigenvalue weighted by atomic mass is 9.71. The van der Waals surface area contributed by atoms with Gasteiger partial charge in [-0.3, -0.25) is 10.1 Å². The molecule has 5 nitrogen and oxygen atoms in total. The molecular formula is C21H26ClN3O2S. The van der Waals surface area contributed by atoms with Crippen LogP contribution in [0.15, 0.2) is 28.8 Å². The molecule has 0 aliphatic heterocycles. The quantitative estimate of drug-likeness (QED) is 0.675. The van der Waals surface area contributed by atoms with Crippen molar-refractivity contribution in [3.63, 3.8) is 0 Å². The predicted molar refractivity (Wildman–Crippen MR) is 115 cm³/mol. The number of hydrogen-bond acceptors (Lipinski definition) is 4. The van der Waals surface area contributed by atoms with Gasteiger partial charge in [0.2, 0.25) is 0 Å². The van der Waals surface area contributed by atoms with Crippen molar-refractivity contribution in [3.05, 3.63) is 40.6 Å². The Hall–Kier alpha value is -1.92. The fourth-order valence-electron chi connectivity index (χ4n) is 4.32. The summed E-state index contributed by atoms with van der Waals surface area (Å²) in [5.74, 6) is 0.684. The lowest BCUT2D eigenvalue weighted by Crippen LogP contribution is -2.48. The first kappa shape index (κ1) is 20.8. The molecule has 2 aromatic rings. The van der Waals surface area contributed by atoms with Crippen molar-refractivity contribution in [1.82, 2.24) is 15.8 Å². The van der Waals surface area contributed by atoms with Crippen LogP contribution in [-0.2, 0) is 0 Å². The molecule has 0 saturated heterocycles. The third-order valence-electron chi connectivity index (χ3n) is 5.17. The molecule has 2 atom stereocenters. The number of nitrogens with one attached hydrogen (secondary N) is 2. The van der Waals surface area contributed by atoms with Crippen molar-refractivity contribution in [2.24, 2.45) is 11.3 Å². The van der Waals surface area contributed by atoms with Crippen LogP contribution in [0.1, 0.15) is 56.2 Å². The summed E-state index contributed by atoms with van der Waals surface area (Å²) in [6.07, 6.45) is 3.26. The van der Waals surface area contributed by atoms with Crippen LogP contribution in [0.25, 0.3) is 11.3 Å². The number of thiocarbonyl (C=S) groups is 1. The van der Waals surface area contributed by atoms with Gasteiger partial charge in [-0.05, 0) is 55.8 Å². The number of rotatable bonds is 3. The van der Waals surface area contributed by atoms with Crippen molar-refractivity contribution in [1.29, 1.82) is 0 Å². The first-order valence-corrected chi connectivity index (χ1v) is 10.3. The lowest BCUT2D eigenvalue weighted by Gasteiger charge is -2.39. The smallest absolute Gasteiger partial charge is 0.263 e. The first-order chi connectivity index (χ1) is 13.2. The van der Waals surface area contributed by atoms with E-state index in [1.165, 1.54) is 6.42 Å². The fourth-order valence-corrected chi connectivity index (χ4v) is 4.80. The molecule has 150 valence electrons. The second kappa shape index (κ2) is 8.21. The molecule has 3 rings (SSSR count). The third-order valence-corrected chi connectivity index (χ3v) is 5.72. The second-order valence-corrected chi connectivity index (χ2v) is 9.30. The molecule has 0 radical (unpaired) electrons. The zero-order chi connectivity index (χ0) is 20.5. The molecule has 7 heteroatoms. The summed E-state index contributed by atoms with van der Waals surface area (Å²) in [4.78, 5) is 12.9. The molecule has 1 aromatic carbocycles. The molecule has 0 unspecified atom stereocenters. The van der Waals surface area contributed by atoms with Gasteiger partial charge in [0.1, 0.15) is 17.0 Å². The van der Waals surface area contributed by atoms with Crippen LogP contribution < -0.4 is 10.6 Å². The molecule has 1 saturated carbocycles. The first-order valence-electron chi connectivity index (χ1n) is 9.49. The average molecular weight is 420 g/mol. The van der Waals surface area contributed by atoms with Crippen molar-refractivity contribution in [3.8, 4) is 11.3 Å². The molecule has 1 amide bonds. The number of benzene rings is 1. The number of aromatic nitrogens is 1. The van der Waals surface area contributed by atoms with Gasteiger partial charge >= 0.3 is 0 Å². The molecule has 1 aromatic heterocycles. The minimum absolute atomic E-state index is 0.248. The Labute approximate surface area is 176 Å². The summed E-state index contributed by atoms with van der Waals surface area (Å²) in [5, 5.41) is 11.0. The Balaban J connectivity index is 1.73. The maximum absolute atomic E-state index is 12.9. The number of nitrogens with zero attached hydrogens (tertiary/aromatic N) is 1. The van der Waals surface area contributed by atoms with Gasteiger partial charge < -0.3 is 9.84 Å². The zero-order valence-electron chi connectivity index (χ0n) is 16.6. The van der Waals surface area contributed by atoms with E-state index in [4.69, 9.17) is 28.3 Å². The fraction of sp³-hybridized carbons (Fsp3) is 0.476. The van der Waals surface area contributed by atoms with Crippen molar-refractivity contribution in [2.75, 3.05) is 0 Å². The van der Waals surface area contributed by atoms with Gasteiger partial charge in [0, 0.05) is 11.6 Å². The van der Waals surface area contributed by atoms with Gasteiger partial charge in [0.25, 0.3) is 5.91 Å². The Morgan fingerprint density at radius 1 is 1.32 bits per heavy atom. The van der Waals surface area contributed by atoms with E-state index in [0.29, 0.717) is 38.6 Å². The lowest BCUT2D eigenvalue weighted by molar-refractivity contribution is 0.0974. The van der Waals surface area contributed by atoms with Crippen molar-refractivity contribution in [2.45, 2.75) is 53.0 Å². The highest BCUT2D eigenvalue weighted by Crippen LogP contribution is 2.38. The molecule has 1 fully saturated rings. The van der Waals surface area contributed by atoms with Gasteiger partial charge in [0.15, 0.2) is 5.11 Å². The summed E-state index contributed by atoms with van der Waals surface area (Å²) in [6.45, 7) is 8.50. The molecule has 0 bridgehead atoms. The standard InChI is InChI=1S/C21H26ClN3O2S/c1-12-9-14(11-21(3,4)10-12)23-20(28)24-19(26)17-13(2)27-25-18(17)15-7-5-6-8-16(15)22/h5-8,12,14H,9-11H2,1-4H3,(H2,23,24,26,28)/t12-,14+/m1/s1. The Morgan fingerprint density at radius 3 is 2.71 bits per heavy atom. The Bertz CT molecular complexity index is 894. The van der Waals surface area contributed by atoms with Gasteiger partial charge in [-0.15, -0.1) is 0 Å². The summed E-state index contributed by atoms with van der Waals surface area (Å²) in [5.41, 5.74) is 1.66. The number of hydrogen-bond donors (Lipinski definition) is 2. The summed E-state index contributed by atoms with van der Waals surface area (Å²) in [7, 11) is 0. The van der Waals surface area contributed by atoms with E-state index in [9.17, 15) is 4.79 Å². The molecule has 1 aliphatic rings. The largest absolute Gasteiger partial charge is 0.360 e. The highest BCUT2D eigenvalue weighted by atomic mass is 35.5. The van der Waals surface area contributed by atoms with E-state index in [-0.39, 0.29) is 17.4 Å². The average Bonchev–Trinajstić information content (AvgIpc) is 2.94. The van der Waals surface area contributed by atoms with Gasteiger partial charge in [-0.1, -0.05) is 55.7 Å². The molecule has 1 heterocycles. The predicted octanol–water partition coefficient (Wildman–Crippen LogP) is 5.12. The number of aryl methyl sites for hydroxylation is 1. The highest BCUT2D eigenvalue weighted by Gasteiger charge is 2.32. The summed E-state index contributed by atoms with van der Waals surface area (Å²) < 4.78 is 5.27. The maximum Gasteiger partial charge on any atom is 0.263 e. The monoisotopic (exact) mass is 419 g/mol. The van der Waals surface area contributed by atoms with Crippen LogP contribution >= 0.6 is 23.8 Å². The number of amides is 1. The maximum atomic E-state index is 12.9. The van der Waals surface area contributed by atoms with Gasteiger partial charge in [-0.25, -0.2) is 0 Å². The second-order valence-electron chi connectivity index (χ2n) is 8.48. The summed E-state index contributed by atoms with van der Waals surface area (Å²) in [6, 6.07) is 7.47. The molecule has 1 aliphatic carbocycles. The van der Waals surface area contributed by atoms with Crippen LogP contribution in [0, 0.1) is 18.3 Å². The third kappa shape index (κ3) is 4.73. The molecule has 0 spiro atoms. The highest BCUT2D eigenvalue weighted by molar-refractivity contribution is 7.80. The van der Waals surface area contributed by atoms with Crippen LogP contribution in [0.3, 0.4) is 0 Å². The minimum Gasteiger partial charge on any atom is -0.360 e. The minimum atomic E-state index is -0.353. The van der Waals surface area contributed by atoms with Gasteiger partial charge in [0.05, 0.1) is 5.02 Å². The molecule has 28 heavy (non-hydrogen) atoms. The van der Waals surface area contributed by atoms with Crippen LogP contribution in [-0.4, -0.2) is 22.2 Å². The molecule has 2 N–H and O–H groups in total. The van der Waals surface area contributed by atoms with Crippen LogP contribution in [0.5, 0.6) is 0 Å². The van der Waals surface area contributed by atoms with E-state index in [1.807, 2.05) is 12.1 Å². The van der Waals surface area contributed by atoms with E-state index in [0.717, 1.165) is 12.8 Å². The van der Waals surface area contributed by atoms with E-state index >= 15 is 0 Å². The number of carbonyl (C=O) groups excluding carboxylic acids is 1. The van der Waals surface area contributed by atoms with E-state index in [2.05, 4.69) is 36.6 Å². The topological polar surface area (TPSA) is 67.2 Å². The Morgan fingerprint density at radius 2 is 2.04 bits per heavy atom. The van der Waals surface area contributed by atoms with Crippen LogP contribution in [0.4, 0.5) is 0 Å². The SMILES string of the molecule is Cc1onc(-c2ccccc2Cl)c1C(=O)NC(=S)N[C@H]1C[C@@H](C)CC(C)(C)C1. The molecular weight excluding hydrogens is 394 g/mol.